The van der Waals surface area contributed by atoms with Gasteiger partial charge in [-0.1, -0.05) is 6.92 Å². The Balaban J connectivity index is 2.98. The second-order valence-corrected chi connectivity index (χ2v) is 2.99. The molecule has 3 nitrogen and oxygen atoms in total. The maximum absolute atomic E-state index is 13.2. The highest BCUT2D eigenvalue weighted by Crippen LogP contribution is 2.19. The molecule has 2 N–H and O–H groups in total. The number of ether oxygens (including phenoxy) is 1. The molecule has 5 heteroatoms. The number of benzene rings is 1. The van der Waals surface area contributed by atoms with Crippen molar-refractivity contribution in [3.05, 3.63) is 29.3 Å². The van der Waals surface area contributed by atoms with Crippen molar-refractivity contribution in [3.63, 3.8) is 0 Å². The second-order valence-electron chi connectivity index (χ2n) is 2.99. The first-order valence-corrected chi connectivity index (χ1v) is 4.48. The molecule has 1 rings (SSSR count). The number of nitrogen functional groups attached to an aromatic ring is 1. The number of esters is 1. The van der Waals surface area contributed by atoms with E-state index in [0.29, 0.717) is 12.5 Å². The van der Waals surface area contributed by atoms with Crippen molar-refractivity contribution < 1.29 is 18.3 Å². The number of anilines is 1. The summed E-state index contributed by atoms with van der Waals surface area (Å²) in [5, 5.41) is 0. The van der Waals surface area contributed by atoms with E-state index in [-0.39, 0.29) is 12.3 Å². The van der Waals surface area contributed by atoms with E-state index < -0.39 is 23.2 Å². The Morgan fingerprint density at radius 1 is 1.47 bits per heavy atom. The number of hydrogen-bond donors (Lipinski definition) is 1. The molecule has 0 aliphatic heterocycles. The molecular formula is C10H11F2NO2. The van der Waals surface area contributed by atoms with Crippen molar-refractivity contribution >= 4 is 11.7 Å². The zero-order valence-corrected chi connectivity index (χ0v) is 8.22. The number of carbonyl (C=O) groups excluding carboxylic acids is 1. The Morgan fingerprint density at radius 3 is 2.67 bits per heavy atom. The number of hydrogen-bond acceptors (Lipinski definition) is 3. The quantitative estimate of drug-likeness (QED) is 0.620. The Kier molecular flexibility index (Phi) is 3.60. The lowest BCUT2D eigenvalue weighted by molar-refractivity contribution is 0.0501. The van der Waals surface area contributed by atoms with Gasteiger partial charge in [0.15, 0.2) is 0 Å². The fraction of sp³-hybridized carbons (Fsp3) is 0.300. The fourth-order valence-electron chi connectivity index (χ4n) is 1.08. The minimum absolute atomic E-state index is 0.176. The third-order valence-corrected chi connectivity index (χ3v) is 1.73. The van der Waals surface area contributed by atoms with Crippen LogP contribution >= 0.6 is 0 Å². The van der Waals surface area contributed by atoms with E-state index >= 15 is 0 Å². The molecule has 0 radical (unpaired) electrons. The van der Waals surface area contributed by atoms with E-state index in [2.05, 4.69) is 0 Å². The van der Waals surface area contributed by atoms with Gasteiger partial charge < -0.3 is 10.5 Å². The van der Waals surface area contributed by atoms with E-state index in [4.69, 9.17) is 10.5 Å². The topological polar surface area (TPSA) is 52.3 Å². The summed E-state index contributed by atoms with van der Waals surface area (Å²) in [6.07, 6.45) is 0.620. The number of nitrogens with two attached hydrogens (primary N) is 1. The Morgan fingerprint density at radius 2 is 2.13 bits per heavy atom. The maximum Gasteiger partial charge on any atom is 0.343 e. The summed E-state index contributed by atoms with van der Waals surface area (Å²) in [4.78, 5) is 11.3. The number of halogens is 2. The summed E-state index contributed by atoms with van der Waals surface area (Å²) in [7, 11) is 0. The third-order valence-electron chi connectivity index (χ3n) is 1.73. The fourth-order valence-corrected chi connectivity index (χ4v) is 1.08. The van der Waals surface area contributed by atoms with Crippen molar-refractivity contribution in [2.45, 2.75) is 13.3 Å². The van der Waals surface area contributed by atoms with Crippen molar-refractivity contribution in [3.8, 4) is 0 Å². The van der Waals surface area contributed by atoms with Crippen LogP contribution in [0.2, 0.25) is 0 Å². The lowest BCUT2D eigenvalue weighted by Gasteiger charge is -2.06. The predicted octanol–water partition coefficient (Wildman–Crippen LogP) is 2.11. The van der Waals surface area contributed by atoms with Gasteiger partial charge in [-0.15, -0.1) is 0 Å². The molecule has 1 aromatic carbocycles. The number of carbonyl (C=O) groups is 1. The molecule has 15 heavy (non-hydrogen) atoms. The molecular weight excluding hydrogens is 204 g/mol. The van der Waals surface area contributed by atoms with Crippen LogP contribution in [-0.4, -0.2) is 12.6 Å². The Bertz CT molecular complexity index is 357. The van der Waals surface area contributed by atoms with Crippen LogP contribution in [0.1, 0.15) is 23.7 Å². The van der Waals surface area contributed by atoms with Crippen LogP contribution < -0.4 is 5.73 Å². The minimum Gasteiger partial charge on any atom is -0.462 e. The van der Waals surface area contributed by atoms with E-state index in [9.17, 15) is 13.6 Å². The average molecular weight is 215 g/mol. The first-order chi connectivity index (χ1) is 7.06. The summed E-state index contributed by atoms with van der Waals surface area (Å²) in [5.74, 6) is -2.70. The minimum atomic E-state index is -1.01. The van der Waals surface area contributed by atoms with Crippen molar-refractivity contribution in [1.82, 2.24) is 0 Å². The molecule has 1 aromatic rings. The summed E-state index contributed by atoms with van der Waals surface area (Å²) < 4.78 is 30.5. The molecule has 0 amide bonds. The van der Waals surface area contributed by atoms with E-state index in [1.807, 2.05) is 0 Å². The van der Waals surface area contributed by atoms with Gasteiger partial charge in [-0.05, 0) is 12.5 Å². The summed E-state index contributed by atoms with van der Waals surface area (Å²) in [6, 6.07) is 1.48. The number of rotatable bonds is 3. The summed E-state index contributed by atoms with van der Waals surface area (Å²) in [5.41, 5.74) is 4.65. The van der Waals surface area contributed by atoms with Crippen LogP contribution in [0.15, 0.2) is 12.1 Å². The molecule has 0 aromatic heterocycles. The van der Waals surface area contributed by atoms with Gasteiger partial charge in [0.25, 0.3) is 0 Å². The summed E-state index contributed by atoms with van der Waals surface area (Å²) >= 11 is 0. The van der Waals surface area contributed by atoms with Crippen LogP contribution in [-0.2, 0) is 4.74 Å². The van der Waals surface area contributed by atoms with Crippen LogP contribution in [0.25, 0.3) is 0 Å². The summed E-state index contributed by atoms with van der Waals surface area (Å²) in [6.45, 7) is 1.98. The molecule has 0 unspecified atom stereocenters. The van der Waals surface area contributed by atoms with Gasteiger partial charge in [-0.25, -0.2) is 13.6 Å². The van der Waals surface area contributed by atoms with Crippen LogP contribution in [0.3, 0.4) is 0 Å². The molecule has 0 fully saturated rings. The molecule has 0 heterocycles. The SMILES string of the molecule is CCCOC(=O)c1c(N)cc(F)cc1F. The Hall–Kier alpha value is -1.65. The van der Waals surface area contributed by atoms with Gasteiger partial charge in [0.2, 0.25) is 0 Å². The van der Waals surface area contributed by atoms with Crippen LogP contribution in [0.5, 0.6) is 0 Å². The highest BCUT2D eigenvalue weighted by Gasteiger charge is 2.17. The normalized spacial score (nSPS) is 10.1. The maximum atomic E-state index is 13.2. The highest BCUT2D eigenvalue weighted by atomic mass is 19.1. The van der Waals surface area contributed by atoms with Crippen molar-refractivity contribution in [1.29, 1.82) is 0 Å². The average Bonchev–Trinajstić information content (AvgIpc) is 2.12. The molecule has 82 valence electrons. The lowest BCUT2D eigenvalue weighted by atomic mass is 10.1. The van der Waals surface area contributed by atoms with Crippen LogP contribution in [0.4, 0.5) is 14.5 Å². The monoisotopic (exact) mass is 215 g/mol. The van der Waals surface area contributed by atoms with Crippen LogP contribution in [0, 0.1) is 11.6 Å². The lowest BCUT2D eigenvalue weighted by Crippen LogP contribution is -2.11. The molecule has 0 saturated heterocycles. The zero-order valence-electron chi connectivity index (χ0n) is 8.22. The standard InChI is InChI=1S/C10H11F2NO2/c1-2-3-15-10(14)9-7(12)4-6(11)5-8(9)13/h4-5H,2-3,13H2,1H3. The van der Waals surface area contributed by atoms with Crippen molar-refractivity contribution in [2.75, 3.05) is 12.3 Å². The van der Waals surface area contributed by atoms with Gasteiger partial charge in [0, 0.05) is 6.07 Å². The van der Waals surface area contributed by atoms with Gasteiger partial charge in [-0.3, -0.25) is 0 Å². The molecule has 0 bridgehead atoms. The predicted molar refractivity (Wildman–Crippen MR) is 51.3 cm³/mol. The highest BCUT2D eigenvalue weighted by molar-refractivity contribution is 5.95. The smallest absolute Gasteiger partial charge is 0.343 e. The molecule has 0 aliphatic carbocycles. The van der Waals surface area contributed by atoms with Crippen molar-refractivity contribution in [2.24, 2.45) is 0 Å². The third kappa shape index (κ3) is 2.65. The van der Waals surface area contributed by atoms with Gasteiger partial charge in [-0.2, -0.15) is 0 Å². The van der Waals surface area contributed by atoms with E-state index in [0.717, 1.165) is 6.07 Å². The zero-order chi connectivity index (χ0) is 11.4. The van der Waals surface area contributed by atoms with E-state index in [1.54, 1.807) is 6.92 Å². The van der Waals surface area contributed by atoms with E-state index in [1.165, 1.54) is 0 Å². The Labute approximate surface area is 85.8 Å². The molecule has 0 saturated carbocycles. The molecule has 0 spiro atoms. The first kappa shape index (κ1) is 11.4. The van der Waals surface area contributed by atoms with Gasteiger partial charge in [0.1, 0.15) is 17.2 Å². The molecule has 0 atom stereocenters. The first-order valence-electron chi connectivity index (χ1n) is 4.48. The largest absolute Gasteiger partial charge is 0.462 e. The second kappa shape index (κ2) is 4.72. The van der Waals surface area contributed by atoms with Gasteiger partial charge >= 0.3 is 5.97 Å². The van der Waals surface area contributed by atoms with Gasteiger partial charge in [0.05, 0.1) is 12.3 Å². The molecule has 0 aliphatic rings.